The molecule has 1 N–H and O–H groups in total. The third-order valence-electron chi connectivity index (χ3n) is 5.03. The molecule has 0 bridgehead atoms. The van der Waals surface area contributed by atoms with Crippen molar-refractivity contribution in [3.63, 3.8) is 0 Å². The fraction of sp³-hybridized carbons (Fsp3) is 0.227. The van der Waals surface area contributed by atoms with Crippen LogP contribution in [0.3, 0.4) is 0 Å². The van der Waals surface area contributed by atoms with Crippen LogP contribution in [0.2, 0.25) is 0 Å². The second-order valence-corrected chi connectivity index (χ2v) is 6.92. The zero-order chi connectivity index (χ0) is 18.8. The van der Waals surface area contributed by atoms with Gasteiger partial charge in [-0.05, 0) is 43.0 Å². The molecule has 1 amide bonds. The van der Waals surface area contributed by atoms with Crippen molar-refractivity contribution < 1.29 is 4.79 Å². The Morgan fingerprint density at radius 1 is 1.11 bits per heavy atom. The van der Waals surface area contributed by atoms with Crippen molar-refractivity contribution in [2.45, 2.75) is 32.9 Å². The molecular weight excluding hydrogens is 336 g/mol. The fourth-order valence-corrected chi connectivity index (χ4v) is 3.55. The summed E-state index contributed by atoms with van der Waals surface area (Å²) in [6, 6.07) is 16.7. The summed E-state index contributed by atoms with van der Waals surface area (Å²) in [5.41, 5.74) is 5.05. The van der Waals surface area contributed by atoms with Crippen LogP contribution in [0.5, 0.6) is 0 Å². The minimum absolute atomic E-state index is 0.216. The number of aromatic nitrogens is 2. The van der Waals surface area contributed by atoms with Crippen LogP contribution in [0.4, 0.5) is 11.5 Å². The van der Waals surface area contributed by atoms with E-state index in [1.54, 1.807) is 12.4 Å². The standard InChI is InChI=1S/C22H22N4O/c1-15-7-3-4-9-18(15)12-25-22(27)19-13-24-21(14-23-19)26-16(2)11-17-8-5-6-10-20(17)26/h3-10,13-14,16H,11-12H2,1-2H3,(H,25,27). The lowest BCUT2D eigenvalue weighted by Gasteiger charge is -2.23. The Morgan fingerprint density at radius 3 is 2.67 bits per heavy atom. The highest BCUT2D eigenvalue weighted by molar-refractivity contribution is 5.92. The number of para-hydroxylation sites is 1. The van der Waals surface area contributed by atoms with Gasteiger partial charge in [0.05, 0.1) is 12.4 Å². The molecular formula is C22H22N4O. The van der Waals surface area contributed by atoms with Crippen molar-refractivity contribution in [3.05, 3.63) is 83.3 Å². The number of benzene rings is 2. The third kappa shape index (κ3) is 3.40. The number of rotatable bonds is 4. The van der Waals surface area contributed by atoms with E-state index in [4.69, 9.17) is 0 Å². The molecule has 0 saturated carbocycles. The van der Waals surface area contributed by atoms with Crippen molar-refractivity contribution in [3.8, 4) is 0 Å². The highest BCUT2D eigenvalue weighted by Crippen LogP contribution is 2.36. The predicted octanol–water partition coefficient (Wildman–Crippen LogP) is 3.80. The number of carbonyl (C=O) groups is 1. The minimum atomic E-state index is -0.216. The molecule has 0 spiro atoms. The maximum atomic E-state index is 12.4. The largest absolute Gasteiger partial charge is 0.347 e. The molecule has 0 saturated heterocycles. The number of fused-ring (bicyclic) bond motifs is 1. The maximum absolute atomic E-state index is 12.4. The van der Waals surface area contributed by atoms with Gasteiger partial charge in [-0.25, -0.2) is 9.97 Å². The summed E-state index contributed by atoms with van der Waals surface area (Å²) in [6.07, 6.45) is 4.22. The smallest absolute Gasteiger partial charge is 0.271 e. The quantitative estimate of drug-likeness (QED) is 0.771. The zero-order valence-corrected chi connectivity index (χ0v) is 15.5. The molecule has 4 rings (SSSR count). The molecule has 1 aliphatic rings. The van der Waals surface area contributed by atoms with Gasteiger partial charge in [-0.3, -0.25) is 4.79 Å². The van der Waals surface area contributed by atoms with Gasteiger partial charge in [-0.1, -0.05) is 42.5 Å². The molecule has 0 fully saturated rings. The van der Waals surface area contributed by atoms with E-state index in [1.807, 2.05) is 37.3 Å². The van der Waals surface area contributed by atoms with Crippen molar-refractivity contribution in [2.75, 3.05) is 4.90 Å². The molecule has 1 unspecified atom stereocenters. The summed E-state index contributed by atoms with van der Waals surface area (Å²) < 4.78 is 0. The van der Waals surface area contributed by atoms with Crippen LogP contribution in [0, 0.1) is 6.92 Å². The summed E-state index contributed by atoms with van der Waals surface area (Å²) in [4.78, 5) is 23.4. The van der Waals surface area contributed by atoms with Crippen LogP contribution < -0.4 is 10.2 Å². The molecule has 5 nitrogen and oxygen atoms in total. The first-order valence-electron chi connectivity index (χ1n) is 9.15. The summed E-state index contributed by atoms with van der Waals surface area (Å²) in [6.45, 7) is 4.68. The van der Waals surface area contributed by atoms with Crippen molar-refractivity contribution in [1.29, 1.82) is 0 Å². The molecule has 136 valence electrons. The second kappa shape index (κ2) is 7.19. The molecule has 1 aromatic heterocycles. The first-order valence-corrected chi connectivity index (χ1v) is 9.15. The van der Waals surface area contributed by atoms with E-state index in [0.29, 0.717) is 18.3 Å². The van der Waals surface area contributed by atoms with Gasteiger partial charge in [-0.15, -0.1) is 0 Å². The molecule has 0 radical (unpaired) electrons. The number of nitrogens with one attached hydrogen (secondary N) is 1. The van der Waals surface area contributed by atoms with Gasteiger partial charge in [0.2, 0.25) is 0 Å². The molecule has 5 heteroatoms. The molecule has 1 aliphatic heterocycles. The fourth-order valence-electron chi connectivity index (χ4n) is 3.55. The minimum Gasteiger partial charge on any atom is -0.347 e. The van der Waals surface area contributed by atoms with E-state index in [1.165, 1.54) is 5.56 Å². The molecule has 2 heterocycles. The van der Waals surface area contributed by atoms with Gasteiger partial charge in [-0.2, -0.15) is 0 Å². The van der Waals surface area contributed by atoms with Crippen molar-refractivity contribution in [1.82, 2.24) is 15.3 Å². The average molecular weight is 358 g/mol. The van der Waals surface area contributed by atoms with E-state index >= 15 is 0 Å². The second-order valence-electron chi connectivity index (χ2n) is 6.92. The lowest BCUT2D eigenvalue weighted by atomic mass is 10.1. The topological polar surface area (TPSA) is 58.1 Å². The first kappa shape index (κ1) is 17.2. The number of anilines is 2. The number of hydrogen-bond acceptors (Lipinski definition) is 4. The highest BCUT2D eigenvalue weighted by atomic mass is 16.1. The summed E-state index contributed by atoms with van der Waals surface area (Å²) in [5.74, 6) is 0.551. The maximum Gasteiger partial charge on any atom is 0.271 e. The van der Waals surface area contributed by atoms with E-state index in [-0.39, 0.29) is 5.91 Å². The molecule has 1 atom stereocenters. The summed E-state index contributed by atoms with van der Waals surface area (Å²) in [5, 5.41) is 2.91. The van der Waals surface area contributed by atoms with Gasteiger partial charge in [0.15, 0.2) is 5.82 Å². The first-order chi connectivity index (χ1) is 13.1. The zero-order valence-electron chi connectivity index (χ0n) is 15.5. The van der Waals surface area contributed by atoms with Crippen LogP contribution in [0.25, 0.3) is 0 Å². The SMILES string of the molecule is Cc1ccccc1CNC(=O)c1cnc(N2c3ccccc3CC2C)cn1. The van der Waals surface area contributed by atoms with E-state index in [0.717, 1.165) is 29.1 Å². The van der Waals surface area contributed by atoms with Crippen molar-refractivity contribution >= 4 is 17.4 Å². The van der Waals surface area contributed by atoms with Gasteiger partial charge in [0.1, 0.15) is 5.69 Å². The van der Waals surface area contributed by atoms with Gasteiger partial charge in [0.25, 0.3) is 5.91 Å². The molecule has 3 aromatic rings. The Morgan fingerprint density at radius 2 is 1.89 bits per heavy atom. The lowest BCUT2D eigenvalue weighted by molar-refractivity contribution is 0.0945. The molecule has 2 aromatic carbocycles. The number of aryl methyl sites for hydroxylation is 1. The third-order valence-corrected chi connectivity index (χ3v) is 5.03. The number of carbonyl (C=O) groups excluding carboxylic acids is 1. The van der Waals surface area contributed by atoms with Crippen LogP contribution in [-0.4, -0.2) is 21.9 Å². The lowest BCUT2D eigenvalue weighted by Crippen LogP contribution is -2.27. The Hall–Kier alpha value is -3.21. The number of hydrogen-bond donors (Lipinski definition) is 1. The van der Waals surface area contributed by atoms with Gasteiger partial charge in [0, 0.05) is 18.3 Å². The highest BCUT2D eigenvalue weighted by Gasteiger charge is 2.27. The van der Waals surface area contributed by atoms with E-state index in [2.05, 4.69) is 45.3 Å². The number of amides is 1. The van der Waals surface area contributed by atoms with Crippen LogP contribution in [0.15, 0.2) is 60.9 Å². The summed E-state index contributed by atoms with van der Waals surface area (Å²) in [7, 11) is 0. The normalized spacial score (nSPS) is 15.5. The Balaban J connectivity index is 1.48. The average Bonchev–Trinajstić information content (AvgIpc) is 3.03. The van der Waals surface area contributed by atoms with E-state index in [9.17, 15) is 4.79 Å². The Kier molecular flexibility index (Phi) is 4.59. The summed E-state index contributed by atoms with van der Waals surface area (Å²) >= 11 is 0. The van der Waals surface area contributed by atoms with Crippen LogP contribution in [-0.2, 0) is 13.0 Å². The Bertz CT molecular complexity index is 968. The Labute approximate surface area is 159 Å². The van der Waals surface area contributed by atoms with Crippen LogP contribution >= 0.6 is 0 Å². The monoisotopic (exact) mass is 358 g/mol. The van der Waals surface area contributed by atoms with Crippen molar-refractivity contribution in [2.24, 2.45) is 0 Å². The number of nitrogens with zero attached hydrogens (tertiary/aromatic N) is 3. The van der Waals surface area contributed by atoms with Crippen LogP contribution in [0.1, 0.15) is 34.1 Å². The predicted molar refractivity (Wildman–Crippen MR) is 106 cm³/mol. The van der Waals surface area contributed by atoms with Gasteiger partial charge >= 0.3 is 0 Å². The van der Waals surface area contributed by atoms with Gasteiger partial charge < -0.3 is 10.2 Å². The van der Waals surface area contributed by atoms with E-state index < -0.39 is 0 Å². The molecule has 27 heavy (non-hydrogen) atoms. The molecule has 0 aliphatic carbocycles.